The molecule has 3 N–H and O–H groups in total. The number of hydrogen-bond donors (Lipinski definition) is 2. The smallest absolute Gasteiger partial charge is 0.240 e. The van der Waals surface area contributed by atoms with Gasteiger partial charge in [0.05, 0.1) is 11.2 Å². The van der Waals surface area contributed by atoms with Crippen molar-refractivity contribution in [2.24, 2.45) is 5.73 Å². The molecule has 0 unspecified atom stereocenters. The lowest BCUT2D eigenvalue weighted by Gasteiger charge is -2.31. The van der Waals surface area contributed by atoms with Crippen LogP contribution in [0.5, 0.6) is 0 Å². The highest BCUT2D eigenvalue weighted by atomic mass is 16.2. The van der Waals surface area contributed by atoms with Crippen LogP contribution >= 0.6 is 0 Å². The number of rotatable bonds is 4. The summed E-state index contributed by atoms with van der Waals surface area (Å²) >= 11 is 0. The van der Waals surface area contributed by atoms with Crippen molar-refractivity contribution in [1.82, 2.24) is 20.1 Å². The van der Waals surface area contributed by atoms with E-state index >= 15 is 0 Å². The molecule has 1 aliphatic carbocycles. The maximum absolute atomic E-state index is 12.3. The minimum Gasteiger partial charge on any atom is -0.350 e. The molecule has 1 amide bonds. The fourth-order valence-electron chi connectivity index (χ4n) is 2.88. The summed E-state index contributed by atoms with van der Waals surface area (Å²) in [5.74, 6) is -0.0347. The Labute approximate surface area is 129 Å². The van der Waals surface area contributed by atoms with E-state index < -0.39 is 5.54 Å². The van der Waals surface area contributed by atoms with Gasteiger partial charge in [0.1, 0.15) is 12.7 Å². The number of hydrogen-bond acceptors (Lipinski definition) is 4. The first-order chi connectivity index (χ1) is 10.7. The maximum atomic E-state index is 12.3. The molecule has 1 aromatic carbocycles. The molecule has 0 aliphatic heterocycles. The van der Waals surface area contributed by atoms with Crippen LogP contribution in [0.25, 0.3) is 5.69 Å². The molecular formula is C16H21N5O. The highest BCUT2D eigenvalue weighted by Crippen LogP contribution is 2.26. The van der Waals surface area contributed by atoms with Crippen LogP contribution in [0.15, 0.2) is 36.9 Å². The molecule has 0 bridgehead atoms. The zero-order valence-electron chi connectivity index (χ0n) is 12.5. The predicted octanol–water partition coefficient (Wildman–Crippen LogP) is 1.55. The van der Waals surface area contributed by atoms with Gasteiger partial charge in [-0.1, -0.05) is 31.4 Å². The lowest BCUT2D eigenvalue weighted by molar-refractivity contribution is -0.127. The van der Waals surface area contributed by atoms with Crippen molar-refractivity contribution < 1.29 is 4.79 Å². The summed E-state index contributed by atoms with van der Waals surface area (Å²) in [6.07, 6.45) is 7.97. The molecule has 0 atom stereocenters. The van der Waals surface area contributed by atoms with Crippen LogP contribution in [0.1, 0.15) is 37.7 Å². The number of nitrogens with two attached hydrogens (primary N) is 1. The fourth-order valence-corrected chi connectivity index (χ4v) is 2.88. The quantitative estimate of drug-likeness (QED) is 0.897. The van der Waals surface area contributed by atoms with E-state index in [2.05, 4.69) is 15.4 Å². The first kappa shape index (κ1) is 14.7. The van der Waals surface area contributed by atoms with Crippen LogP contribution in [-0.4, -0.2) is 26.2 Å². The van der Waals surface area contributed by atoms with Crippen molar-refractivity contribution in [3.63, 3.8) is 0 Å². The number of carbonyl (C=O) groups excluding carboxylic acids is 1. The Bertz CT molecular complexity index is 614. The second kappa shape index (κ2) is 6.27. The van der Waals surface area contributed by atoms with E-state index in [0.717, 1.165) is 36.9 Å². The van der Waals surface area contributed by atoms with Crippen molar-refractivity contribution in [2.45, 2.75) is 44.2 Å². The SMILES string of the molecule is NC1(C(=O)NCc2ccc(-n3cncn3)cc2)CCCCC1. The zero-order valence-corrected chi connectivity index (χ0v) is 12.5. The third-order valence-electron chi connectivity index (χ3n) is 4.27. The minimum atomic E-state index is -0.682. The molecule has 0 radical (unpaired) electrons. The molecule has 1 saturated carbocycles. The molecule has 3 rings (SSSR count). The Kier molecular flexibility index (Phi) is 4.20. The number of benzene rings is 1. The van der Waals surface area contributed by atoms with Crippen LogP contribution in [0.4, 0.5) is 0 Å². The van der Waals surface area contributed by atoms with E-state index in [-0.39, 0.29) is 5.91 Å². The Morgan fingerprint density at radius 1 is 1.23 bits per heavy atom. The molecule has 116 valence electrons. The third kappa shape index (κ3) is 3.17. The molecular weight excluding hydrogens is 278 g/mol. The Hall–Kier alpha value is -2.21. The first-order valence-corrected chi connectivity index (χ1v) is 7.68. The summed E-state index contributed by atoms with van der Waals surface area (Å²) < 4.78 is 1.69. The van der Waals surface area contributed by atoms with E-state index in [9.17, 15) is 4.79 Å². The predicted molar refractivity (Wildman–Crippen MR) is 83.2 cm³/mol. The van der Waals surface area contributed by atoms with E-state index in [1.54, 1.807) is 11.0 Å². The standard InChI is InChI=1S/C16H21N5O/c17-16(8-2-1-3-9-16)15(22)19-10-13-4-6-14(7-5-13)21-12-18-11-20-21/h4-7,11-12H,1-3,8-10,17H2,(H,19,22). The Balaban J connectivity index is 1.58. The Morgan fingerprint density at radius 2 is 1.95 bits per heavy atom. The van der Waals surface area contributed by atoms with E-state index in [1.807, 2.05) is 24.3 Å². The van der Waals surface area contributed by atoms with Crippen LogP contribution in [0, 0.1) is 0 Å². The second-order valence-corrected chi connectivity index (χ2v) is 5.91. The fraction of sp³-hybridized carbons (Fsp3) is 0.438. The van der Waals surface area contributed by atoms with Gasteiger partial charge in [0.2, 0.25) is 5.91 Å². The van der Waals surface area contributed by atoms with E-state index in [0.29, 0.717) is 6.54 Å². The average molecular weight is 299 g/mol. The van der Waals surface area contributed by atoms with Crippen LogP contribution < -0.4 is 11.1 Å². The van der Waals surface area contributed by atoms with Gasteiger partial charge in [-0.2, -0.15) is 5.10 Å². The molecule has 0 spiro atoms. The molecule has 22 heavy (non-hydrogen) atoms. The molecule has 1 aliphatic rings. The van der Waals surface area contributed by atoms with E-state index in [4.69, 9.17) is 5.73 Å². The summed E-state index contributed by atoms with van der Waals surface area (Å²) in [4.78, 5) is 16.2. The zero-order chi connectivity index (χ0) is 15.4. The van der Waals surface area contributed by atoms with Gasteiger partial charge in [-0.15, -0.1) is 0 Å². The molecule has 1 fully saturated rings. The summed E-state index contributed by atoms with van der Waals surface area (Å²) in [6, 6.07) is 7.85. The van der Waals surface area contributed by atoms with Gasteiger partial charge in [0.15, 0.2) is 0 Å². The maximum Gasteiger partial charge on any atom is 0.240 e. The van der Waals surface area contributed by atoms with Crippen molar-refractivity contribution in [3.8, 4) is 5.69 Å². The van der Waals surface area contributed by atoms with Gasteiger partial charge in [-0.25, -0.2) is 9.67 Å². The van der Waals surface area contributed by atoms with Crippen LogP contribution in [0.3, 0.4) is 0 Å². The van der Waals surface area contributed by atoms with Gasteiger partial charge in [0.25, 0.3) is 0 Å². The topological polar surface area (TPSA) is 85.8 Å². The third-order valence-corrected chi connectivity index (χ3v) is 4.27. The summed E-state index contributed by atoms with van der Waals surface area (Å²) in [7, 11) is 0. The highest BCUT2D eigenvalue weighted by molar-refractivity contribution is 5.86. The first-order valence-electron chi connectivity index (χ1n) is 7.68. The number of amides is 1. The molecule has 1 heterocycles. The van der Waals surface area contributed by atoms with Gasteiger partial charge >= 0.3 is 0 Å². The summed E-state index contributed by atoms with van der Waals surface area (Å²) in [6.45, 7) is 0.495. The largest absolute Gasteiger partial charge is 0.350 e. The summed E-state index contributed by atoms with van der Waals surface area (Å²) in [5, 5.41) is 7.04. The molecule has 0 saturated heterocycles. The molecule has 6 nitrogen and oxygen atoms in total. The lowest BCUT2D eigenvalue weighted by atomic mass is 9.82. The van der Waals surface area contributed by atoms with Crippen molar-refractivity contribution in [1.29, 1.82) is 0 Å². The van der Waals surface area contributed by atoms with Crippen molar-refractivity contribution in [3.05, 3.63) is 42.5 Å². The summed E-state index contributed by atoms with van der Waals surface area (Å²) in [5.41, 5.74) is 7.52. The van der Waals surface area contributed by atoms with E-state index in [1.165, 1.54) is 12.7 Å². The van der Waals surface area contributed by atoms with Gasteiger partial charge in [-0.05, 0) is 30.5 Å². The number of aromatic nitrogens is 3. The Morgan fingerprint density at radius 3 is 2.59 bits per heavy atom. The number of nitrogens with one attached hydrogen (secondary N) is 1. The van der Waals surface area contributed by atoms with Gasteiger partial charge in [-0.3, -0.25) is 4.79 Å². The van der Waals surface area contributed by atoms with Crippen LogP contribution in [-0.2, 0) is 11.3 Å². The van der Waals surface area contributed by atoms with Crippen LogP contribution in [0.2, 0.25) is 0 Å². The minimum absolute atomic E-state index is 0.0347. The van der Waals surface area contributed by atoms with Crippen molar-refractivity contribution in [2.75, 3.05) is 0 Å². The van der Waals surface area contributed by atoms with Gasteiger partial charge < -0.3 is 11.1 Å². The molecule has 6 heteroatoms. The molecule has 2 aromatic rings. The number of nitrogens with zero attached hydrogens (tertiary/aromatic N) is 3. The van der Waals surface area contributed by atoms with Crippen molar-refractivity contribution >= 4 is 5.91 Å². The normalized spacial score (nSPS) is 17.1. The van der Waals surface area contributed by atoms with Gasteiger partial charge in [0, 0.05) is 6.54 Å². The average Bonchev–Trinajstić information content (AvgIpc) is 3.08. The highest BCUT2D eigenvalue weighted by Gasteiger charge is 2.34. The number of carbonyl (C=O) groups is 1. The lowest BCUT2D eigenvalue weighted by Crippen LogP contribution is -2.54. The second-order valence-electron chi connectivity index (χ2n) is 5.91. The monoisotopic (exact) mass is 299 g/mol. The molecule has 1 aromatic heterocycles.